The van der Waals surface area contributed by atoms with Crippen molar-refractivity contribution >= 4 is 5.91 Å². The molecule has 16 heavy (non-hydrogen) atoms. The molecule has 1 saturated heterocycles. The van der Waals surface area contributed by atoms with Gasteiger partial charge in [0.05, 0.1) is 12.1 Å². The van der Waals surface area contributed by atoms with E-state index in [4.69, 9.17) is 4.74 Å². The highest BCUT2D eigenvalue weighted by Gasteiger charge is 2.33. The predicted octanol–water partition coefficient (Wildman–Crippen LogP) is 0.837. The zero-order valence-corrected chi connectivity index (χ0v) is 10.1. The largest absolute Gasteiger partial charge is 0.383 e. The van der Waals surface area contributed by atoms with Gasteiger partial charge in [0.1, 0.15) is 0 Å². The third-order valence-electron chi connectivity index (χ3n) is 2.95. The lowest BCUT2D eigenvalue weighted by Gasteiger charge is -2.28. The van der Waals surface area contributed by atoms with Crippen molar-refractivity contribution in [2.45, 2.75) is 31.2 Å². The summed E-state index contributed by atoms with van der Waals surface area (Å²) in [6, 6.07) is 0. The topological polar surface area (TPSA) is 50.4 Å². The summed E-state index contributed by atoms with van der Waals surface area (Å²) in [4.78, 5) is 11.5. The number of carbonyl (C=O) groups is 1. The van der Waals surface area contributed by atoms with Gasteiger partial charge in [-0.1, -0.05) is 6.08 Å². The lowest BCUT2D eigenvalue weighted by molar-refractivity contribution is -0.121. The number of ether oxygens (including phenoxy) is 1. The summed E-state index contributed by atoms with van der Waals surface area (Å²) in [5.41, 5.74) is -0.0570. The summed E-state index contributed by atoms with van der Waals surface area (Å²) < 4.78 is 5.21. The van der Waals surface area contributed by atoms with E-state index in [1.165, 1.54) is 0 Å². The van der Waals surface area contributed by atoms with Gasteiger partial charge in [0, 0.05) is 20.1 Å². The van der Waals surface area contributed by atoms with Gasteiger partial charge in [0.25, 0.3) is 0 Å². The molecule has 1 fully saturated rings. The maximum atomic E-state index is 11.5. The van der Waals surface area contributed by atoms with Crippen molar-refractivity contribution < 1.29 is 9.53 Å². The van der Waals surface area contributed by atoms with E-state index < -0.39 is 0 Å². The van der Waals surface area contributed by atoms with E-state index in [9.17, 15) is 4.79 Å². The molecule has 1 rings (SSSR count). The van der Waals surface area contributed by atoms with Crippen molar-refractivity contribution in [1.82, 2.24) is 10.6 Å². The van der Waals surface area contributed by atoms with Crippen LogP contribution >= 0.6 is 0 Å². The van der Waals surface area contributed by atoms with Crippen LogP contribution in [0.2, 0.25) is 0 Å². The van der Waals surface area contributed by atoms with E-state index in [0.717, 1.165) is 25.8 Å². The molecule has 1 heterocycles. The molecule has 1 unspecified atom stereocenters. The quantitative estimate of drug-likeness (QED) is 0.632. The van der Waals surface area contributed by atoms with E-state index >= 15 is 0 Å². The molecule has 1 aliphatic rings. The molecule has 0 saturated carbocycles. The van der Waals surface area contributed by atoms with Crippen LogP contribution in [0.4, 0.5) is 0 Å². The van der Waals surface area contributed by atoms with Gasteiger partial charge in [0.2, 0.25) is 5.91 Å². The number of allylic oxidation sites excluding steroid dienone is 1. The fraction of sp³-hybridized carbons (Fsp3) is 0.750. The fourth-order valence-corrected chi connectivity index (χ4v) is 2.06. The van der Waals surface area contributed by atoms with E-state index in [-0.39, 0.29) is 11.4 Å². The zero-order valence-electron chi connectivity index (χ0n) is 10.1. The normalized spacial score (nSPS) is 24.3. The Hall–Kier alpha value is -0.870. The Balaban J connectivity index is 2.32. The van der Waals surface area contributed by atoms with Crippen LogP contribution in [0.3, 0.4) is 0 Å². The van der Waals surface area contributed by atoms with Crippen LogP contribution in [0, 0.1) is 0 Å². The molecule has 0 radical (unpaired) electrons. The number of hydrogen-bond acceptors (Lipinski definition) is 3. The van der Waals surface area contributed by atoms with Gasteiger partial charge in [-0.2, -0.15) is 0 Å². The highest BCUT2D eigenvalue weighted by Crippen LogP contribution is 2.18. The first-order chi connectivity index (χ1) is 7.72. The molecule has 0 aromatic carbocycles. The van der Waals surface area contributed by atoms with Crippen LogP contribution in [0.15, 0.2) is 12.7 Å². The van der Waals surface area contributed by atoms with Crippen molar-refractivity contribution in [2.24, 2.45) is 0 Å². The molecule has 1 amide bonds. The molecule has 0 bridgehead atoms. The third kappa shape index (κ3) is 3.94. The number of amides is 1. The molecule has 0 aromatic rings. The molecule has 4 heteroatoms. The Labute approximate surface area is 97.4 Å². The van der Waals surface area contributed by atoms with Gasteiger partial charge in [-0.25, -0.2) is 0 Å². The molecular formula is C12H22N2O2. The highest BCUT2D eigenvalue weighted by atomic mass is 16.5. The van der Waals surface area contributed by atoms with Crippen LogP contribution in [0.25, 0.3) is 0 Å². The van der Waals surface area contributed by atoms with Gasteiger partial charge >= 0.3 is 0 Å². The van der Waals surface area contributed by atoms with E-state index in [2.05, 4.69) is 17.2 Å². The molecule has 0 aliphatic carbocycles. The minimum atomic E-state index is -0.0570. The van der Waals surface area contributed by atoms with E-state index in [0.29, 0.717) is 19.6 Å². The van der Waals surface area contributed by atoms with Gasteiger partial charge in [-0.05, 0) is 25.8 Å². The SMILES string of the molecule is C=CCCC(=O)NCC1(COC)CCCN1. The summed E-state index contributed by atoms with van der Waals surface area (Å²) in [5.74, 6) is 0.0871. The Kier molecular flexibility index (Phi) is 5.49. The summed E-state index contributed by atoms with van der Waals surface area (Å²) in [7, 11) is 1.70. The van der Waals surface area contributed by atoms with Gasteiger partial charge in [0.15, 0.2) is 0 Å². The number of methoxy groups -OCH3 is 1. The van der Waals surface area contributed by atoms with Gasteiger partial charge < -0.3 is 15.4 Å². The van der Waals surface area contributed by atoms with Crippen molar-refractivity contribution in [2.75, 3.05) is 26.8 Å². The minimum absolute atomic E-state index is 0.0570. The average molecular weight is 226 g/mol. The fourth-order valence-electron chi connectivity index (χ4n) is 2.06. The van der Waals surface area contributed by atoms with Crippen molar-refractivity contribution in [3.63, 3.8) is 0 Å². The number of hydrogen-bond donors (Lipinski definition) is 2. The second kappa shape index (κ2) is 6.66. The summed E-state index contributed by atoms with van der Waals surface area (Å²) in [6.45, 7) is 5.90. The molecule has 4 nitrogen and oxygen atoms in total. The Morgan fingerprint density at radius 2 is 2.50 bits per heavy atom. The monoisotopic (exact) mass is 226 g/mol. The first-order valence-electron chi connectivity index (χ1n) is 5.84. The summed E-state index contributed by atoms with van der Waals surface area (Å²) in [5, 5.41) is 6.38. The third-order valence-corrected chi connectivity index (χ3v) is 2.95. The molecule has 0 spiro atoms. The first-order valence-corrected chi connectivity index (χ1v) is 5.84. The van der Waals surface area contributed by atoms with Crippen molar-refractivity contribution in [3.05, 3.63) is 12.7 Å². The van der Waals surface area contributed by atoms with Crippen LogP contribution in [0.1, 0.15) is 25.7 Å². The van der Waals surface area contributed by atoms with Crippen molar-refractivity contribution in [1.29, 1.82) is 0 Å². The second-order valence-corrected chi connectivity index (χ2v) is 4.35. The first kappa shape index (κ1) is 13.2. The molecule has 2 N–H and O–H groups in total. The minimum Gasteiger partial charge on any atom is -0.383 e. The van der Waals surface area contributed by atoms with Crippen LogP contribution < -0.4 is 10.6 Å². The van der Waals surface area contributed by atoms with Gasteiger partial charge in [-0.15, -0.1) is 6.58 Å². The molecule has 1 aliphatic heterocycles. The van der Waals surface area contributed by atoms with Crippen LogP contribution in [-0.2, 0) is 9.53 Å². The van der Waals surface area contributed by atoms with Crippen molar-refractivity contribution in [3.8, 4) is 0 Å². The predicted molar refractivity (Wildman–Crippen MR) is 64.3 cm³/mol. The van der Waals surface area contributed by atoms with Crippen LogP contribution in [0.5, 0.6) is 0 Å². The van der Waals surface area contributed by atoms with Crippen LogP contribution in [-0.4, -0.2) is 38.3 Å². The summed E-state index contributed by atoms with van der Waals surface area (Å²) in [6.07, 6.45) is 5.22. The number of carbonyl (C=O) groups excluding carboxylic acids is 1. The lowest BCUT2D eigenvalue weighted by atomic mass is 9.98. The maximum absolute atomic E-state index is 11.5. The highest BCUT2D eigenvalue weighted by molar-refractivity contribution is 5.76. The molecule has 92 valence electrons. The average Bonchev–Trinajstić information content (AvgIpc) is 2.73. The lowest BCUT2D eigenvalue weighted by Crippen LogP contribution is -2.52. The molecule has 0 aromatic heterocycles. The second-order valence-electron chi connectivity index (χ2n) is 4.35. The summed E-state index contributed by atoms with van der Waals surface area (Å²) >= 11 is 0. The zero-order chi connectivity index (χ0) is 11.9. The number of rotatable bonds is 7. The molecular weight excluding hydrogens is 204 g/mol. The maximum Gasteiger partial charge on any atom is 0.220 e. The Bertz CT molecular complexity index is 235. The molecule has 1 atom stereocenters. The standard InChI is InChI=1S/C12H22N2O2/c1-3-4-6-11(15)13-9-12(10-16-2)7-5-8-14-12/h3,14H,1,4-10H2,2H3,(H,13,15). The van der Waals surface area contributed by atoms with E-state index in [1.807, 2.05) is 0 Å². The smallest absolute Gasteiger partial charge is 0.220 e. The van der Waals surface area contributed by atoms with Gasteiger partial charge in [-0.3, -0.25) is 4.79 Å². The number of nitrogens with one attached hydrogen (secondary N) is 2. The van der Waals surface area contributed by atoms with E-state index in [1.54, 1.807) is 13.2 Å². The Morgan fingerprint density at radius 1 is 1.69 bits per heavy atom. The Morgan fingerprint density at radius 3 is 3.06 bits per heavy atom.